The maximum Gasteiger partial charge on any atom is 0.0944 e. The molecule has 3 nitrogen and oxygen atoms in total. The SMILES string of the molecule is CCOCC(Cc1nc(C)cs1)NC. The van der Waals surface area contributed by atoms with Crippen molar-refractivity contribution in [2.24, 2.45) is 0 Å². The van der Waals surface area contributed by atoms with Crippen LogP contribution in [0.2, 0.25) is 0 Å². The third-order valence-corrected chi connectivity index (χ3v) is 3.01. The number of hydrogen-bond acceptors (Lipinski definition) is 4. The van der Waals surface area contributed by atoms with Gasteiger partial charge in [0.1, 0.15) is 0 Å². The van der Waals surface area contributed by atoms with E-state index in [4.69, 9.17) is 4.74 Å². The van der Waals surface area contributed by atoms with E-state index in [2.05, 4.69) is 15.7 Å². The van der Waals surface area contributed by atoms with Gasteiger partial charge in [-0.25, -0.2) is 4.98 Å². The smallest absolute Gasteiger partial charge is 0.0944 e. The van der Waals surface area contributed by atoms with E-state index in [1.165, 1.54) is 5.01 Å². The zero-order valence-electron chi connectivity index (χ0n) is 9.04. The van der Waals surface area contributed by atoms with Crippen molar-refractivity contribution in [2.45, 2.75) is 26.3 Å². The van der Waals surface area contributed by atoms with E-state index < -0.39 is 0 Å². The van der Waals surface area contributed by atoms with E-state index >= 15 is 0 Å². The average molecular weight is 214 g/mol. The Bertz CT molecular complexity index is 262. The minimum absolute atomic E-state index is 0.375. The summed E-state index contributed by atoms with van der Waals surface area (Å²) in [5, 5.41) is 6.50. The molecule has 0 amide bonds. The Hall–Kier alpha value is -0.450. The molecule has 80 valence electrons. The Morgan fingerprint density at radius 1 is 1.64 bits per heavy atom. The van der Waals surface area contributed by atoms with E-state index in [-0.39, 0.29) is 0 Å². The van der Waals surface area contributed by atoms with Gasteiger partial charge in [0.2, 0.25) is 0 Å². The molecule has 1 N–H and O–H groups in total. The van der Waals surface area contributed by atoms with Crippen LogP contribution in [0.1, 0.15) is 17.6 Å². The van der Waals surface area contributed by atoms with Crippen molar-refractivity contribution in [3.8, 4) is 0 Å². The molecule has 0 aromatic carbocycles. The molecule has 0 saturated carbocycles. The summed E-state index contributed by atoms with van der Waals surface area (Å²) in [4.78, 5) is 4.43. The van der Waals surface area contributed by atoms with Crippen LogP contribution in [-0.4, -0.2) is 31.3 Å². The second-order valence-corrected chi connectivity index (χ2v) is 4.17. The summed E-state index contributed by atoms with van der Waals surface area (Å²) in [6.07, 6.45) is 0.953. The Morgan fingerprint density at radius 3 is 2.93 bits per heavy atom. The van der Waals surface area contributed by atoms with Crippen molar-refractivity contribution >= 4 is 11.3 Å². The van der Waals surface area contributed by atoms with E-state index in [1.807, 2.05) is 20.9 Å². The maximum atomic E-state index is 5.38. The summed E-state index contributed by atoms with van der Waals surface area (Å²) in [5.41, 5.74) is 1.11. The lowest BCUT2D eigenvalue weighted by atomic mass is 10.2. The summed E-state index contributed by atoms with van der Waals surface area (Å²) in [6.45, 7) is 5.57. The zero-order chi connectivity index (χ0) is 10.4. The number of hydrogen-bond donors (Lipinski definition) is 1. The molecule has 1 atom stereocenters. The number of aryl methyl sites for hydroxylation is 1. The van der Waals surface area contributed by atoms with Crippen LogP contribution >= 0.6 is 11.3 Å². The van der Waals surface area contributed by atoms with Crippen LogP contribution in [0.25, 0.3) is 0 Å². The van der Waals surface area contributed by atoms with Gasteiger partial charge in [-0.3, -0.25) is 0 Å². The van der Waals surface area contributed by atoms with Gasteiger partial charge >= 0.3 is 0 Å². The fraction of sp³-hybridized carbons (Fsp3) is 0.700. The van der Waals surface area contributed by atoms with E-state index in [0.29, 0.717) is 6.04 Å². The van der Waals surface area contributed by atoms with Crippen molar-refractivity contribution in [3.05, 3.63) is 16.1 Å². The summed E-state index contributed by atoms with van der Waals surface area (Å²) in [7, 11) is 1.96. The average Bonchev–Trinajstić information content (AvgIpc) is 2.58. The number of nitrogens with one attached hydrogen (secondary N) is 1. The molecule has 0 saturated heterocycles. The first-order chi connectivity index (χ1) is 6.76. The minimum Gasteiger partial charge on any atom is -0.380 e. The zero-order valence-corrected chi connectivity index (χ0v) is 9.86. The van der Waals surface area contributed by atoms with Gasteiger partial charge in [-0.15, -0.1) is 11.3 Å². The Labute approximate surface area is 89.5 Å². The standard InChI is InChI=1S/C10H18N2OS/c1-4-13-6-9(11-3)5-10-12-8(2)7-14-10/h7,9,11H,4-6H2,1-3H3. The number of ether oxygens (including phenoxy) is 1. The number of thiazole rings is 1. The van der Waals surface area contributed by atoms with Gasteiger partial charge < -0.3 is 10.1 Å². The lowest BCUT2D eigenvalue weighted by Crippen LogP contribution is -2.32. The van der Waals surface area contributed by atoms with E-state index in [0.717, 1.165) is 25.3 Å². The highest BCUT2D eigenvalue weighted by Gasteiger charge is 2.09. The molecule has 0 aliphatic carbocycles. The summed E-state index contributed by atoms with van der Waals surface area (Å²) >= 11 is 1.72. The summed E-state index contributed by atoms with van der Waals surface area (Å²) in [6, 6.07) is 0.375. The maximum absolute atomic E-state index is 5.38. The second kappa shape index (κ2) is 6.11. The molecule has 1 unspecified atom stereocenters. The van der Waals surface area contributed by atoms with E-state index in [1.54, 1.807) is 11.3 Å². The fourth-order valence-corrected chi connectivity index (χ4v) is 2.07. The van der Waals surface area contributed by atoms with Crippen molar-refractivity contribution in [1.82, 2.24) is 10.3 Å². The molecular weight excluding hydrogens is 196 g/mol. The highest BCUT2D eigenvalue weighted by Crippen LogP contribution is 2.11. The van der Waals surface area contributed by atoms with Gasteiger partial charge in [0.05, 0.1) is 11.6 Å². The lowest BCUT2D eigenvalue weighted by Gasteiger charge is -2.13. The van der Waals surface area contributed by atoms with Gasteiger partial charge in [0.15, 0.2) is 0 Å². The molecule has 0 bridgehead atoms. The van der Waals surface area contributed by atoms with Gasteiger partial charge in [-0.1, -0.05) is 0 Å². The topological polar surface area (TPSA) is 34.1 Å². The van der Waals surface area contributed by atoms with Crippen molar-refractivity contribution in [3.63, 3.8) is 0 Å². The van der Waals surface area contributed by atoms with Crippen LogP contribution in [-0.2, 0) is 11.2 Å². The Morgan fingerprint density at radius 2 is 2.43 bits per heavy atom. The molecule has 0 aliphatic heterocycles. The number of likely N-dealkylation sites (N-methyl/N-ethyl adjacent to an activating group) is 1. The highest BCUT2D eigenvalue weighted by atomic mass is 32.1. The first kappa shape index (κ1) is 11.6. The lowest BCUT2D eigenvalue weighted by molar-refractivity contribution is 0.125. The number of aromatic nitrogens is 1. The number of nitrogens with zero attached hydrogens (tertiary/aromatic N) is 1. The quantitative estimate of drug-likeness (QED) is 0.781. The third kappa shape index (κ3) is 3.74. The van der Waals surface area contributed by atoms with Crippen LogP contribution < -0.4 is 5.32 Å². The molecule has 0 fully saturated rings. The largest absolute Gasteiger partial charge is 0.380 e. The fourth-order valence-electron chi connectivity index (χ4n) is 1.21. The molecule has 0 spiro atoms. The molecule has 1 aromatic heterocycles. The molecule has 1 heterocycles. The molecule has 1 rings (SSSR count). The first-order valence-electron chi connectivity index (χ1n) is 4.92. The van der Waals surface area contributed by atoms with E-state index in [9.17, 15) is 0 Å². The van der Waals surface area contributed by atoms with Gasteiger partial charge in [-0.05, 0) is 20.9 Å². The molecule has 1 aromatic rings. The predicted octanol–water partition coefficient (Wildman–Crippen LogP) is 1.62. The van der Waals surface area contributed by atoms with Crippen LogP contribution in [0.4, 0.5) is 0 Å². The number of rotatable bonds is 6. The third-order valence-electron chi connectivity index (χ3n) is 2.02. The van der Waals surface area contributed by atoms with Crippen molar-refractivity contribution in [1.29, 1.82) is 0 Å². The first-order valence-corrected chi connectivity index (χ1v) is 5.80. The van der Waals surface area contributed by atoms with Crippen LogP contribution in [0, 0.1) is 6.92 Å². The van der Waals surface area contributed by atoms with Gasteiger partial charge in [0, 0.05) is 30.1 Å². The highest BCUT2D eigenvalue weighted by molar-refractivity contribution is 7.09. The monoisotopic (exact) mass is 214 g/mol. The van der Waals surface area contributed by atoms with Crippen LogP contribution in [0.3, 0.4) is 0 Å². The van der Waals surface area contributed by atoms with Crippen molar-refractivity contribution in [2.75, 3.05) is 20.3 Å². The second-order valence-electron chi connectivity index (χ2n) is 3.23. The predicted molar refractivity (Wildman–Crippen MR) is 59.9 cm³/mol. The van der Waals surface area contributed by atoms with Gasteiger partial charge in [-0.2, -0.15) is 0 Å². The molecular formula is C10H18N2OS. The summed E-state index contributed by atoms with van der Waals surface area (Å²) < 4.78 is 5.38. The summed E-state index contributed by atoms with van der Waals surface area (Å²) in [5.74, 6) is 0. The molecule has 4 heteroatoms. The van der Waals surface area contributed by atoms with Gasteiger partial charge in [0.25, 0.3) is 0 Å². The Balaban J connectivity index is 2.40. The van der Waals surface area contributed by atoms with Crippen molar-refractivity contribution < 1.29 is 4.74 Å². The van der Waals surface area contributed by atoms with Crippen LogP contribution in [0.5, 0.6) is 0 Å². The normalized spacial score (nSPS) is 13.1. The molecule has 0 radical (unpaired) electrons. The molecule has 14 heavy (non-hydrogen) atoms. The van der Waals surface area contributed by atoms with Crippen LogP contribution in [0.15, 0.2) is 5.38 Å². The molecule has 0 aliphatic rings. The minimum atomic E-state index is 0.375. The Kier molecular flexibility index (Phi) is 5.07.